The van der Waals surface area contributed by atoms with Gasteiger partial charge in [-0.3, -0.25) is 0 Å². The summed E-state index contributed by atoms with van der Waals surface area (Å²) in [5, 5.41) is 0.601. The molecule has 1 unspecified atom stereocenters. The smallest absolute Gasteiger partial charge is 0.220 e. The normalized spacial score (nSPS) is 12.6. The number of thiocarbonyl (C=S) groups is 1. The Morgan fingerprint density at radius 2 is 2.17 bits per heavy atom. The van der Waals surface area contributed by atoms with Gasteiger partial charge >= 0.3 is 0 Å². The second-order valence-corrected chi connectivity index (χ2v) is 4.79. The molecular formula is C9H18OS2. The van der Waals surface area contributed by atoms with Gasteiger partial charge in [0.1, 0.15) is 0 Å². The molecule has 3 heteroatoms. The van der Waals surface area contributed by atoms with Gasteiger partial charge in [0.15, 0.2) is 0 Å². The molecule has 0 aromatic carbocycles. The van der Waals surface area contributed by atoms with Crippen LogP contribution in [0.2, 0.25) is 0 Å². The largest absolute Gasteiger partial charge is 0.479 e. The topological polar surface area (TPSA) is 9.23 Å². The lowest BCUT2D eigenvalue weighted by molar-refractivity contribution is 0.346. The van der Waals surface area contributed by atoms with E-state index in [4.69, 9.17) is 17.0 Å². The van der Waals surface area contributed by atoms with Crippen molar-refractivity contribution in [3.8, 4) is 0 Å². The van der Waals surface area contributed by atoms with E-state index in [1.807, 2.05) is 6.92 Å². The van der Waals surface area contributed by atoms with Crippen molar-refractivity contribution in [3.05, 3.63) is 0 Å². The van der Waals surface area contributed by atoms with Gasteiger partial charge in [-0.05, 0) is 25.6 Å². The van der Waals surface area contributed by atoms with Gasteiger partial charge in [-0.15, -0.1) is 0 Å². The van der Waals surface area contributed by atoms with Gasteiger partial charge in [0, 0.05) is 5.25 Å². The van der Waals surface area contributed by atoms with Crippen molar-refractivity contribution >= 4 is 28.4 Å². The Bertz CT molecular complexity index is 126. The van der Waals surface area contributed by atoms with Gasteiger partial charge in [-0.2, -0.15) is 0 Å². The molecule has 12 heavy (non-hydrogen) atoms. The lowest BCUT2D eigenvalue weighted by atomic mass is 10.2. The molecule has 0 bridgehead atoms. The van der Waals surface area contributed by atoms with Gasteiger partial charge in [0.2, 0.25) is 4.38 Å². The van der Waals surface area contributed by atoms with E-state index in [0.29, 0.717) is 16.2 Å². The standard InChI is InChI=1S/C9H18OS2/c1-4-6-7-8(3)12-9(11)10-5-2/h8H,4-7H2,1-3H3. The lowest BCUT2D eigenvalue weighted by Gasteiger charge is -2.10. The number of hydrogen-bond donors (Lipinski definition) is 0. The van der Waals surface area contributed by atoms with Crippen molar-refractivity contribution in [3.63, 3.8) is 0 Å². The Kier molecular flexibility index (Phi) is 8.02. The van der Waals surface area contributed by atoms with Crippen LogP contribution < -0.4 is 0 Å². The van der Waals surface area contributed by atoms with Gasteiger partial charge < -0.3 is 4.74 Å². The zero-order valence-electron chi connectivity index (χ0n) is 8.13. The fourth-order valence-electron chi connectivity index (χ4n) is 0.867. The van der Waals surface area contributed by atoms with Crippen LogP contribution in [-0.2, 0) is 4.74 Å². The van der Waals surface area contributed by atoms with E-state index in [2.05, 4.69) is 13.8 Å². The van der Waals surface area contributed by atoms with E-state index in [0.717, 1.165) is 0 Å². The van der Waals surface area contributed by atoms with Crippen LogP contribution in [0.15, 0.2) is 0 Å². The Balaban J connectivity index is 3.40. The van der Waals surface area contributed by atoms with Crippen LogP contribution in [0.25, 0.3) is 0 Å². The highest BCUT2D eigenvalue weighted by molar-refractivity contribution is 8.23. The number of ether oxygens (including phenoxy) is 1. The highest BCUT2D eigenvalue weighted by atomic mass is 32.2. The second kappa shape index (κ2) is 7.87. The molecule has 0 spiro atoms. The summed E-state index contributed by atoms with van der Waals surface area (Å²) >= 11 is 6.69. The SMILES string of the molecule is CCCCC(C)SC(=S)OCC. The molecule has 0 amide bonds. The molecule has 0 aliphatic heterocycles. The predicted octanol–water partition coefficient (Wildman–Crippen LogP) is 3.62. The van der Waals surface area contributed by atoms with E-state index >= 15 is 0 Å². The molecule has 0 aliphatic rings. The molecule has 72 valence electrons. The predicted molar refractivity (Wildman–Crippen MR) is 60.8 cm³/mol. The Morgan fingerprint density at radius 3 is 2.67 bits per heavy atom. The van der Waals surface area contributed by atoms with Crippen molar-refractivity contribution in [2.45, 2.75) is 45.3 Å². The molecule has 0 aromatic heterocycles. The quantitative estimate of drug-likeness (QED) is 0.636. The summed E-state index contributed by atoms with van der Waals surface area (Å²) in [7, 11) is 0. The average molecular weight is 206 g/mol. The fourth-order valence-corrected chi connectivity index (χ4v) is 2.28. The van der Waals surface area contributed by atoms with Crippen LogP contribution in [0.3, 0.4) is 0 Å². The first-order chi connectivity index (χ1) is 5.70. The van der Waals surface area contributed by atoms with E-state index in [9.17, 15) is 0 Å². The van der Waals surface area contributed by atoms with E-state index in [1.165, 1.54) is 19.3 Å². The molecule has 0 N–H and O–H groups in total. The minimum absolute atomic E-state index is 0.601. The Hall–Kier alpha value is 0.240. The molecular weight excluding hydrogens is 188 g/mol. The zero-order valence-corrected chi connectivity index (χ0v) is 9.76. The maximum Gasteiger partial charge on any atom is 0.220 e. The molecule has 0 saturated heterocycles. The van der Waals surface area contributed by atoms with Gasteiger partial charge in [-0.25, -0.2) is 0 Å². The number of unbranched alkanes of at least 4 members (excludes halogenated alkanes) is 1. The van der Waals surface area contributed by atoms with Crippen molar-refractivity contribution in [1.82, 2.24) is 0 Å². The first-order valence-electron chi connectivity index (χ1n) is 4.54. The third-order valence-electron chi connectivity index (χ3n) is 1.52. The molecule has 1 nitrogen and oxygen atoms in total. The minimum Gasteiger partial charge on any atom is -0.479 e. The van der Waals surface area contributed by atoms with Crippen molar-refractivity contribution in [2.24, 2.45) is 0 Å². The highest BCUT2D eigenvalue weighted by Gasteiger charge is 2.05. The molecule has 0 saturated carbocycles. The summed E-state index contributed by atoms with van der Waals surface area (Å²) in [6.07, 6.45) is 3.77. The second-order valence-electron chi connectivity index (χ2n) is 2.75. The summed E-state index contributed by atoms with van der Waals surface area (Å²) in [6.45, 7) is 7.06. The third-order valence-corrected chi connectivity index (χ3v) is 2.88. The third kappa shape index (κ3) is 6.92. The summed E-state index contributed by atoms with van der Waals surface area (Å²) in [5.74, 6) is 0. The fraction of sp³-hybridized carbons (Fsp3) is 0.889. The van der Waals surface area contributed by atoms with Crippen LogP contribution in [0.5, 0.6) is 0 Å². The lowest BCUT2D eigenvalue weighted by Crippen LogP contribution is -2.03. The monoisotopic (exact) mass is 206 g/mol. The van der Waals surface area contributed by atoms with Gasteiger partial charge in [0.25, 0.3) is 0 Å². The molecule has 0 aromatic rings. The van der Waals surface area contributed by atoms with Crippen molar-refractivity contribution in [1.29, 1.82) is 0 Å². The summed E-state index contributed by atoms with van der Waals surface area (Å²) in [5.41, 5.74) is 0. The maximum atomic E-state index is 5.19. The zero-order chi connectivity index (χ0) is 9.40. The molecule has 1 atom stereocenters. The highest BCUT2D eigenvalue weighted by Crippen LogP contribution is 2.18. The average Bonchev–Trinajstić information content (AvgIpc) is 2.01. The number of thioether (sulfide) groups is 1. The molecule has 0 heterocycles. The van der Waals surface area contributed by atoms with Crippen LogP contribution in [0.4, 0.5) is 0 Å². The van der Waals surface area contributed by atoms with Crippen LogP contribution in [-0.4, -0.2) is 16.2 Å². The molecule has 0 radical (unpaired) electrons. The van der Waals surface area contributed by atoms with Crippen LogP contribution in [0.1, 0.15) is 40.0 Å². The van der Waals surface area contributed by atoms with Gasteiger partial charge in [0.05, 0.1) is 6.61 Å². The summed E-state index contributed by atoms with van der Waals surface area (Å²) < 4.78 is 5.88. The number of hydrogen-bond acceptors (Lipinski definition) is 3. The van der Waals surface area contributed by atoms with E-state index in [1.54, 1.807) is 11.8 Å². The Labute approximate surface area is 85.3 Å². The van der Waals surface area contributed by atoms with E-state index in [-0.39, 0.29) is 0 Å². The first-order valence-corrected chi connectivity index (χ1v) is 5.82. The molecule has 0 aliphatic carbocycles. The molecule has 0 rings (SSSR count). The van der Waals surface area contributed by atoms with Crippen LogP contribution in [0, 0.1) is 0 Å². The minimum atomic E-state index is 0.601. The van der Waals surface area contributed by atoms with Crippen molar-refractivity contribution in [2.75, 3.05) is 6.61 Å². The van der Waals surface area contributed by atoms with E-state index < -0.39 is 0 Å². The number of rotatable bonds is 5. The summed E-state index contributed by atoms with van der Waals surface area (Å²) in [6, 6.07) is 0. The van der Waals surface area contributed by atoms with Gasteiger partial charge in [-0.1, -0.05) is 38.5 Å². The molecule has 0 fully saturated rings. The summed E-state index contributed by atoms with van der Waals surface area (Å²) in [4.78, 5) is 0. The van der Waals surface area contributed by atoms with Crippen LogP contribution >= 0.6 is 24.0 Å². The maximum absolute atomic E-state index is 5.19. The first kappa shape index (κ1) is 12.2. The Morgan fingerprint density at radius 1 is 1.50 bits per heavy atom. The van der Waals surface area contributed by atoms with Crippen molar-refractivity contribution < 1.29 is 4.74 Å².